The van der Waals surface area contributed by atoms with Crippen LogP contribution < -0.4 is 4.74 Å². The van der Waals surface area contributed by atoms with Crippen LogP contribution in [-0.2, 0) is 11.2 Å². The van der Waals surface area contributed by atoms with E-state index in [9.17, 15) is 4.79 Å². The Hall–Kier alpha value is -1.65. The number of rotatable bonds is 5. The topological polar surface area (TPSA) is 72.3 Å². The van der Waals surface area contributed by atoms with E-state index in [1.54, 1.807) is 13.0 Å². The summed E-state index contributed by atoms with van der Waals surface area (Å²) in [6.45, 7) is 4.04. The summed E-state index contributed by atoms with van der Waals surface area (Å²) in [6.07, 6.45) is 1.77. The van der Waals surface area contributed by atoms with Gasteiger partial charge in [0.2, 0.25) is 5.88 Å². The molecule has 1 aromatic rings. The van der Waals surface area contributed by atoms with Crippen molar-refractivity contribution in [1.29, 1.82) is 0 Å². The van der Waals surface area contributed by atoms with E-state index in [1.165, 1.54) is 6.33 Å². The van der Waals surface area contributed by atoms with Crippen LogP contribution in [0.15, 0.2) is 12.4 Å². The minimum atomic E-state index is -0.827. The second kappa shape index (κ2) is 5.29. The quantitative estimate of drug-likeness (QED) is 0.788. The molecule has 1 heterocycles. The Morgan fingerprint density at radius 2 is 2.33 bits per heavy atom. The van der Waals surface area contributed by atoms with Crippen molar-refractivity contribution in [2.24, 2.45) is 5.92 Å². The fourth-order valence-corrected chi connectivity index (χ4v) is 1.12. The lowest BCUT2D eigenvalue weighted by molar-refractivity contribution is -0.141. The number of hydrogen-bond acceptors (Lipinski definition) is 4. The minimum Gasteiger partial charge on any atom is -0.481 e. The summed E-state index contributed by atoms with van der Waals surface area (Å²) in [4.78, 5) is 18.5. The normalized spacial score (nSPS) is 12.1. The average Bonchev–Trinajstić information content (AvgIpc) is 2.18. The van der Waals surface area contributed by atoms with Gasteiger partial charge in [0.1, 0.15) is 6.33 Å². The van der Waals surface area contributed by atoms with Gasteiger partial charge in [0.05, 0.1) is 12.5 Å². The average molecular weight is 210 g/mol. The van der Waals surface area contributed by atoms with Crippen molar-refractivity contribution < 1.29 is 14.6 Å². The Balaban J connectivity index is 2.68. The Kier molecular flexibility index (Phi) is 4.03. The van der Waals surface area contributed by atoms with Gasteiger partial charge >= 0.3 is 5.97 Å². The number of aromatic nitrogens is 2. The summed E-state index contributed by atoms with van der Waals surface area (Å²) >= 11 is 0. The third-order valence-corrected chi connectivity index (χ3v) is 1.93. The lowest BCUT2D eigenvalue weighted by Gasteiger charge is -2.06. The monoisotopic (exact) mass is 210 g/mol. The standard InChI is InChI=1S/C10H14N2O3/c1-3-15-9-5-8(11-6-12-9)4-7(2)10(13)14/h5-7H,3-4H2,1-2H3,(H,13,14). The smallest absolute Gasteiger partial charge is 0.306 e. The summed E-state index contributed by atoms with van der Waals surface area (Å²) in [5, 5.41) is 8.74. The van der Waals surface area contributed by atoms with Crippen molar-refractivity contribution in [1.82, 2.24) is 9.97 Å². The van der Waals surface area contributed by atoms with Crippen LogP contribution in [0.2, 0.25) is 0 Å². The number of carboxylic acid groups (broad SMARTS) is 1. The maximum atomic E-state index is 10.6. The number of carboxylic acids is 1. The van der Waals surface area contributed by atoms with Crippen LogP contribution in [0.3, 0.4) is 0 Å². The highest BCUT2D eigenvalue weighted by Crippen LogP contribution is 2.11. The SMILES string of the molecule is CCOc1cc(CC(C)C(=O)O)ncn1. The molecule has 5 nitrogen and oxygen atoms in total. The molecule has 0 saturated carbocycles. The van der Waals surface area contributed by atoms with Crippen LogP contribution in [-0.4, -0.2) is 27.7 Å². The number of carbonyl (C=O) groups is 1. The van der Waals surface area contributed by atoms with Crippen LogP contribution in [0.25, 0.3) is 0 Å². The predicted molar refractivity (Wildman–Crippen MR) is 53.7 cm³/mol. The highest BCUT2D eigenvalue weighted by molar-refractivity contribution is 5.69. The molecule has 0 aliphatic heterocycles. The fourth-order valence-electron chi connectivity index (χ4n) is 1.12. The number of nitrogens with zero attached hydrogens (tertiary/aromatic N) is 2. The van der Waals surface area contributed by atoms with Gasteiger partial charge in [-0.1, -0.05) is 6.92 Å². The molecule has 0 aliphatic rings. The van der Waals surface area contributed by atoms with Crippen molar-refractivity contribution in [3.05, 3.63) is 18.1 Å². The molecule has 0 saturated heterocycles. The molecule has 0 bridgehead atoms. The minimum absolute atomic E-state index is 0.387. The molecule has 0 radical (unpaired) electrons. The van der Waals surface area contributed by atoms with Crippen molar-refractivity contribution in [3.63, 3.8) is 0 Å². The Labute approximate surface area is 88.1 Å². The molecule has 82 valence electrons. The number of hydrogen-bond donors (Lipinski definition) is 1. The molecule has 0 amide bonds. The first-order valence-corrected chi connectivity index (χ1v) is 4.80. The second-order valence-corrected chi connectivity index (χ2v) is 3.22. The van der Waals surface area contributed by atoms with Crippen LogP contribution in [0.1, 0.15) is 19.5 Å². The predicted octanol–water partition coefficient (Wildman–Crippen LogP) is 1.14. The van der Waals surface area contributed by atoms with Crippen molar-refractivity contribution in [3.8, 4) is 5.88 Å². The van der Waals surface area contributed by atoms with Gasteiger partial charge in [0.25, 0.3) is 0 Å². The van der Waals surface area contributed by atoms with Crippen molar-refractivity contribution >= 4 is 5.97 Å². The fraction of sp³-hybridized carbons (Fsp3) is 0.500. The molecular formula is C10H14N2O3. The molecule has 1 rings (SSSR count). The molecule has 0 aliphatic carbocycles. The van der Waals surface area contributed by atoms with E-state index in [2.05, 4.69) is 9.97 Å². The van der Waals surface area contributed by atoms with E-state index in [4.69, 9.17) is 9.84 Å². The first-order chi connectivity index (χ1) is 7.13. The van der Waals surface area contributed by atoms with Crippen LogP contribution in [0.4, 0.5) is 0 Å². The summed E-state index contributed by atoms with van der Waals surface area (Å²) in [5.74, 6) is -0.791. The van der Waals surface area contributed by atoms with Crippen molar-refractivity contribution in [2.45, 2.75) is 20.3 Å². The summed E-state index contributed by atoms with van der Waals surface area (Å²) in [7, 11) is 0. The molecule has 0 spiro atoms. The molecule has 0 fully saturated rings. The molecule has 1 aromatic heterocycles. The number of aliphatic carboxylic acids is 1. The Bertz CT molecular complexity index is 341. The molecular weight excluding hydrogens is 196 g/mol. The van der Waals surface area contributed by atoms with Crippen LogP contribution in [0.5, 0.6) is 5.88 Å². The lowest BCUT2D eigenvalue weighted by Crippen LogP contribution is -2.13. The summed E-state index contributed by atoms with van der Waals surface area (Å²) in [5.41, 5.74) is 0.684. The van der Waals surface area contributed by atoms with Crippen LogP contribution in [0, 0.1) is 5.92 Å². The van der Waals surface area contributed by atoms with E-state index in [0.717, 1.165) is 0 Å². The number of ether oxygens (including phenoxy) is 1. The van der Waals surface area contributed by atoms with Gasteiger partial charge in [0.15, 0.2) is 0 Å². The van der Waals surface area contributed by atoms with Gasteiger partial charge in [-0.25, -0.2) is 9.97 Å². The zero-order chi connectivity index (χ0) is 11.3. The van der Waals surface area contributed by atoms with Gasteiger partial charge in [-0.05, 0) is 6.92 Å². The van der Waals surface area contributed by atoms with Gasteiger partial charge in [-0.3, -0.25) is 4.79 Å². The van der Waals surface area contributed by atoms with Gasteiger partial charge in [-0.2, -0.15) is 0 Å². The largest absolute Gasteiger partial charge is 0.481 e. The van der Waals surface area contributed by atoms with E-state index in [0.29, 0.717) is 24.6 Å². The van der Waals surface area contributed by atoms with E-state index in [1.807, 2.05) is 6.92 Å². The van der Waals surface area contributed by atoms with Gasteiger partial charge < -0.3 is 9.84 Å². The van der Waals surface area contributed by atoms with E-state index in [-0.39, 0.29) is 0 Å². The van der Waals surface area contributed by atoms with Gasteiger partial charge in [-0.15, -0.1) is 0 Å². The maximum Gasteiger partial charge on any atom is 0.306 e. The molecule has 15 heavy (non-hydrogen) atoms. The molecule has 1 unspecified atom stereocenters. The third-order valence-electron chi connectivity index (χ3n) is 1.93. The highest BCUT2D eigenvalue weighted by Gasteiger charge is 2.12. The molecule has 0 aromatic carbocycles. The van der Waals surface area contributed by atoms with Crippen LogP contribution >= 0.6 is 0 Å². The second-order valence-electron chi connectivity index (χ2n) is 3.22. The Morgan fingerprint density at radius 3 is 2.93 bits per heavy atom. The maximum absolute atomic E-state index is 10.6. The highest BCUT2D eigenvalue weighted by atomic mass is 16.5. The Morgan fingerprint density at radius 1 is 1.60 bits per heavy atom. The zero-order valence-corrected chi connectivity index (χ0v) is 8.80. The lowest BCUT2D eigenvalue weighted by atomic mass is 10.1. The zero-order valence-electron chi connectivity index (χ0n) is 8.80. The van der Waals surface area contributed by atoms with E-state index < -0.39 is 11.9 Å². The molecule has 5 heteroatoms. The first kappa shape index (κ1) is 11.4. The van der Waals surface area contributed by atoms with Crippen molar-refractivity contribution in [2.75, 3.05) is 6.61 Å². The molecule has 1 N–H and O–H groups in total. The third kappa shape index (κ3) is 3.53. The summed E-state index contributed by atoms with van der Waals surface area (Å²) in [6, 6.07) is 1.67. The van der Waals surface area contributed by atoms with E-state index >= 15 is 0 Å². The first-order valence-electron chi connectivity index (χ1n) is 4.80. The summed E-state index contributed by atoms with van der Waals surface area (Å²) < 4.78 is 5.19. The van der Waals surface area contributed by atoms with Gasteiger partial charge in [0, 0.05) is 18.2 Å². The molecule has 1 atom stereocenters.